The van der Waals surface area contributed by atoms with Crippen molar-refractivity contribution in [2.45, 2.75) is 57.6 Å². The molecule has 2 N–H and O–H groups in total. The Bertz CT molecular complexity index is 577. The van der Waals surface area contributed by atoms with Crippen molar-refractivity contribution < 1.29 is 14.7 Å². The number of carbonyl (C=O) groups is 2. The van der Waals surface area contributed by atoms with Crippen LogP contribution in [0.1, 0.15) is 56.2 Å². The molecule has 5 heteroatoms. The van der Waals surface area contributed by atoms with Crippen LogP contribution in [0.25, 0.3) is 0 Å². The summed E-state index contributed by atoms with van der Waals surface area (Å²) < 4.78 is 0. The van der Waals surface area contributed by atoms with E-state index in [4.69, 9.17) is 0 Å². The summed E-state index contributed by atoms with van der Waals surface area (Å²) in [6.07, 6.45) is 3.71. The van der Waals surface area contributed by atoms with E-state index in [-0.39, 0.29) is 24.3 Å². The third-order valence-electron chi connectivity index (χ3n) is 4.73. The first-order valence-electron chi connectivity index (χ1n) is 8.59. The topological polar surface area (TPSA) is 69.6 Å². The second kappa shape index (κ2) is 7.79. The number of nitrogens with one attached hydrogen (secondary N) is 1. The van der Waals surface area contributed by atoms with Gasteiger partial charge in [-0.25, -0.2) is 0 Å². The average Bonchev–Trinajstić information content (AvgIpc) is 2.93. The van der Waals surface area contributed by atoms with Gasteiger partial charge in [-0.15, -0.1) is 0 Å². The highest BCUT2D eigenvalue weighted by atomic mass is 16.3. The van der Waals surface area contributed by atoms with Crippen molar-refractivity contribution in [1.82, 2.24) is 10.2 Å². The van der Waals surface area contributed by atoms with Crippen LogP contribution in [0.3, 0.4) is 0 Å². The molecular weight excluding hydrogens is 304 g/mol. The van der Waals surface area contributed by atoms with Gasteiger partial charge in [-0.2, -0.15) is 0 Å². The third kappa shape index (κ3) is 5.06. The molecule has 1 aromatic carbocycles. The molecule has 0 spiro atoms. The second-order valence-electron chi connectivity index (χ2n) is 7.05. The van der Waals surface area contributed by atoms with E-state index in [0.29, 0.717) is 6.54 Å². The van der Waals surface area contributed by atoms with Gasteiger partial charge in [-0.1, -0.05) is 42.7 Å². The quantitative estimate of drug-likeness (QED) is 0.840. The van der Waals surface area contributed by atoms with Crippen LogP contribution in [0.5, 0.6) is 0 Å². The first-order valence-corrected chi connectivity index (χ1v) is 8.59. The van der Waals surface area contributed by atoms with Crippen molar-refractivity contribution in [2.24, 2.45) is 0 Å². The fraction of sp³-hybridized carbons (Fsp3) is 0.579. The fourth-order valence-corrected chi connectivity index (χ4v) is 3.35. The Kier molecular flexibility index (Phi) is 5.99. The third-order valence-corrected chi connectivity index (χ3v) is 4.73. The van der Waals surface area contributed by atoms with E-state index in [2.05, 4.69) is 5.32 Å². The predicted molar refractivity (Wildman–Crippen MR) is 93.4 cm³/mol. The molecule has 1 aromatic rings. The number of amides is 2. The Balaban J connectivity index is 2.03. The lowest BCUT2D eigenvalue weighted by Crippen LogP contribution is -2.43. The van der Waals surface area contributed by atoms with Crippen molar-refractivity contribution in [3.8, 4) is 0 Å². The van der Waals surface area contributed by atoms with E-state index in [1.54, 1.807) is 11.9 Å². The van der Waals surface area contributed by atoms with E-state index in [1.807, 2.05) is 31.2 Å². The van der Waals surface area contributed by atoms with E-state index < -0.39 is 5.60 Å². The molecule has 0 aliphatic heterocycles. The maximum atomic E-state index is 12.6. The van der Waals surface area contributed by atoms with Gasteiger partial charge in [0.05, 0.1) is 18.1 Å². The second-order valence-corrected chi connectivity index (χ2v) is 7.05. The minimum atomic E-state index is -0.752. The zero-order valence-corrected chi connectivity index (χ0v) is 14.8. The van der Waals surface area contributed by atoms with E-state index >= 15 is 0 Å². The number of hydrogen-bond donors (Lipinski definition) is 2. The maximum absolute atomic E-state index is 12.6. The number of hydrogen-bond acceptors (Lipinski definition) is 3. The number of likely N-dealkylation sites (N-methyl/N-ethyl adjacent to an activating group) is 1. The number of rotatable bonds is 6. The monoisotopic (exact) mass is 332 g/mol. The Morgan fingerprint density at radius 3 is 2.38 bits per heavy atom. The van der Waals surface area contributed by atoms with Gasteiger partial charge in [0.1, 0.15) is 0 Å². The Morgan fingerprint density at radius 1 is 1.25 bits per heavy atom. The van der Waals surface area contributed by atoms with E-state index in [1.165, 1.54) is 6.92 Å². The van der Waals surface area contributed by atoms with E-state index in [0.717, 1.165) is 36.8 Å². The molecule has 132 valence electrons. The molecule has 5 nitrogen and oxygen atoms in total. The average molecular weight is 332 g/mol. The summed E-state index contributed by atoms with van der Waals surface area (Å²) in [5.41, 5.74) is 1.29. The first kappa shape index (κ1) is 18.5. The predicted octanol–water partition coefficient (Wildman–Crippen LogP) is 2.33. The normalized spacial score (nSPS) is 17.3. The van der Waals surface area contributed by atoms with Crippen LogP contribution in [0.15, 0.2) is 24.3 Å². The lowest BCUT2D eigenvalue weighted by molar-refractivity contribution is -0.134. The van der Waals surface area contributed by atoms with Crippen LogP contribution >= 0.6 is 0 Å². The molecule has 1 saturated carbocycles. The van der Waals surface area contributed by atoms with Gasteiger partial charge in [0.15, 0.2) is 0 Å². The molecule has 0 saturated heterocycles. The van der Waals surface area contributed by atoms with Crippen molar-refractivity contribution in [3.63, 3.8) is 0 Å². The molecule has 1 aliphatic carbocycles. The number of nitrogens with zero attached hydrogens (tertiary/aromatic N) is 1. The molecule has 0 aromatic heterocycles. The number of aliphatic hydroxyl groups is 1. The molecule has 0 heterocycles. The molecule has 0 radical (unpaired) electrons. The van der Waals surface area contributed by atoms with Crippen molar-refractivity contribution >= 4 is 11.8 Å². The summed E-state index contributed by atoms with van der Waals surface area (Å²) in [6.45, 7) is 3.81. The summed E-state index contributed by atoms with van der Waals surface area (Å²) in [5.74, 6) is -0.236. The lowest BCUT2D eigenvalue weighted by Gasteiger charge is -2.30. The highest BCUT2D eigenvalue weighted by Crippen LogP contribution is 2.30. The van der Waals surface area contributed by atoms with Crippen LogP contribution in [0.4, 0.5) is 0 Å². The number of benzene rings is 1. The molecule has 24 heavy (non-hydrogen) atoms. The molecule has 2 rings (SSSR count). The van der Waals surface area contributed by atoms with Crippen LogP contribution in [0.2, 0.25) is 0 Å². The summed E-state index contributed by atoms with van der Waals surface area (Å²) in [4.78, 5) is 25.7. The standard InChI is InChI=1S/C19H28N2O3/c1-14-6-8-16(9-7-14)17(20-15(2)22)12-18(23)21(3)13-19(24)10-4-5-11-19/h6-9,17,24H,4-5,10-13H2,1-3H3,(H,20,22). The van der Waals surface area contributed by atoms with Gasteiger partial charge >= 0.3 is 0 Å². The van der Waals surface area contributed by atoms with Gasteiger partial charge < -0.3 is 15.3 Å². The molecule has 1 unspecified atom stereocenters. The van der Waals surface area contributed by atoms with E-state index in [9.17, 15) is 14.7 Å². The maximum Gasteiger partial charge on any atom is 0.224 e. The van der Waals surface area contributed by atoms with Gasteiger partial charge in [-0.3, -0.25) is 9.59 Å². The minimum absolute atomic E-state index is 0.0744. The largest absolute Gasteiger partial charge is 0.388 e. The lowest BCUT2D eigenvalue weighted by atomic mass is 9.99. The smallest absolute Gasteiger partial charge is 0.224 e. The molecule has 2 amide bonds. The molecular formula is C19H28N2O3. The molecule has 1 atom stereocenters. The van der Waals surface area contributed by atoms with Crippen molar-refractivity contribution in [2.75, 3.05) is 13.6 Å². The van der Waals surface area contributed by atoms with Crippen LogP contribution in [-0.4, -0.2) is 41.0 Å². The van der Waals surface area contributed by atoms with Crippen molar-refractivity contribution in [3.05, 3.63) is 35.4 Å². The highest BCUT2D eigenvalue weighted by Gasteiger charge is 2.33. The van der Waals surface area contributed by atoms with Gasteiger partial charge in [0.2, 0.25) is 11.8 Å². The zero-order valence-electron chi connectivity index (χ0n) is 14.8. The number of carbonyl (C=O) groups excluding carboxylic acids is 2. The summed E-state index contributed by atoms with van der Waals surface area (Å²) in [7, 11) is 1.72. The molecule has 0 bridgehead atoms. The first-order chi connectivity index (χ1) is 11.3. The number of aryl methyl sites for hydroxylation is 1. The fourth-order valence-electron chi connectivity index (χ4n) is 3.35. The molecule has 1 aliphatic rings. The highest BCUT2D eigenvalue weighted by molar-refractivity contribution is 5.79. The van der Waals surface area contributed by atoms with Crippen LogP contribution in [0, 0.1) is 6.92 Å². The van der Waals surface area contributed by atoms with Crippen molar-refractivity contribution in [1.29, 1.82) is 0 Å². The minimum Gasteiger partial charge on any atom is -0.388 e. The van der Waals surface area contributed by atoms with Gasteiger partial charge in [-0.05, 0) is 25.3 Å². The molecule has 1 fully saturated rings. The summed E-state index contributed by atoms with van der Waals surface area (Å²) in [6, 6.07) is 7.47. The summed E-state index contributed by atoms with van der Waals surface area (Å²) in [5, 5.41) is 13.3. The zero-order chi connectivity index (χ0) is 17.7. The van der Waals surface area contributed by atoms with Gasteiger partial charge in [0, 0.05) is 20.5 Å². The Hall–Kier alpha value is -1.88. The Labute approximate surface area is 144 Å². The Morgan fingerprint density at radius 2 is 1.83 bits per heavy atom. The SMILES string of the molecule is CC(=O)NC(CC(=O)N(C)CC1(O)CCCC1)c1ccc(C)cc1. The summed E-state index contributed by atoms with van der Waals surface area (Å²) >= 11 is 0. The van der Waals surface area contributed by atoms with Crippen LogP contribution in [-0.2, 0) is 9.59 Å². The van der Waals surface area contributed by atoms with Gasteiger partial charge in [0.25, 0.3) is 0 Å². The van der Waals surface area contributed by atoms with Crippen LogP contribution < -0.4 is 5.32 Å².